The Kier molecular flexibility index (Phi) is 6.52. The zero-order chi connectivity index (χ0) is 15.1. The van der Waals surface area contributed by atoms with Gasteiger partial charge in [-0.15, -0.1) is 0 Å². The lowest BCUT2D eigenvalue weighted by atomic mass is 10.1. The van der Waals surface area contributed by atoms with E-state index < -0.39 is 0 Å². The van der Waals surface area contributed by atoms with Crippen molar-refractivity contribution < 1.29 is 5.11 Å². The van der Waals surface area contributed by atoms with E-state index in [1.54, 1.807) is 0 Å². The van der Waals surface area contributed by atoms with Crippen LogP contribution in [0.15, 0.2) is 24.3 Å². The van der Waals surface area contributed by atoms with Gasteiger partial charge in [0.1, 0.15) is 6.23 Å². The SMILES string of the molecule is CCCCC(O)N(CCN1CCCC1)c1ccc(C)cc1. The highest BCUT2D eigenvalue weighted by atomic mass is 16.3. The number of unbranched alkanes of at least 4 members (excludes halogenated alkanes) is 1. The van der Waals surface area contributed by atoms with Crippen molar-refractivity contribution in [2.75, 3.05) is 31.1 Å². The van der Waals surface area contributed by atoms with Crippen molar-refractivity contribution in [3.63, 3.8) is 0 Å². The lowest BCUT2D eigenvalue weighted by Crippen LogP contribution is -2.40. The van der Waals surface area contributed by atoms with Crippen molar-refractivity contribution in [2.24, 2.45) is 0 Å². The van der Waals surface area contributed by atoms with Crippen molar-refractivity contribution in [3.8, 4) is 0 Å². The first kappa shape index (κ1) is 16.3. The Bertz CT molecular complexity index is 398. The van der Waals surface area contributed by atoms with E-state index in [1.165, 1.54) is 31.5 Å². The van der Waals surface area contributed by atoms with Gasteiger partial charge in [-0.25, -0.2) is 0 Å². The van der Waals surface area contributed by atoms with Gasteiger partial charge in [0.05, 0.1) is 0 Å². The van der Waals surface area contributed by atoms with Crippen molar-refractivity contribution in [3.05, 3.63) is 29.8 Å². The molecule has 1 aliphatic heterocycles. The molecule has 21 heavy (non-hydrogen) atoms. The number of rotatable bonds is 8. The molecule has 0 spiro atoms. The van der Waals surface area contributed by atoms with Crippen LogP contribution in [0, 0.1) is 6.92 Å². The highest BCUT2D eigenvalue weighted by Crippen LogP contribution is 2.20. The zero-order valence-corrected chi connectivity index (χ0v) is 13.6. The van der Waals surface area contributed by atoms with Crippen LogP contribution in [0.25, 0.3) is 0 Å². The highest BCUT2D eigenvalue weighted by Gasteiger charge is 2.18. The second-order valence-electron chi connectivity index (χ2n) is 6.20. The van der Waals surface area contributed by atoms with Crippen LogP contribution in [0.1, 0.15) is 44.6 Å². The van der Waals surface area contributed by atoms with Crippen LogP contribution in [0.5, 0.6) is 0 Å². The summed E-state index contributed by atoms with van der Waals surface area (Å²) in [7, 11) is 0. The quantitative estimate of drug-likeness (QED) is 0.743. The summed E-state index contributed by atoms with van der Waals surface area (Å²) >= 11 is 0. The van der Waals surface area contributed by atoms with Crippen LogP contribution >= 0.6 is 0 Å². The predicted octanol–water partition coefficient (Wildman–Crippen LogP) is 3.41. The number of benzene rings is 1. The van der Waals surface area contributed by atoms with Gasteiger partial charge in [-0.2, -0.15) is 0 Å². The molecule has 0 aromatic heterocycles. The fourth-order valence-corrected chi connectivity index (χ4v) is 2.98. The molecule has 0 saturated carbocycles. The first-order chi connectivity index (χ1) is 10.2. The van der Waals surface area contributed by atoms with Crippen LogP contribution in [-0.2, 0) is 0 Å². The van der Waals surface area contributed by atoms with E-state index in [4.69, 9.17) is 0 Å². The Morgan fingerprint density at radius 3 is 2.48 bits per heavy atom. The standard InChI is InChI=1S/C18H30N2O/c1-3-4-7-18(21)20(15-14-19-12-5-6-13-19)17-10-8-16(2)9-11-17/h8-11,18,21H,3-7,12-15H2,1-2H3. The molecule has 1 unspecified atom stereocenters. The van der Waals surface area contributed by atoms with Gasteiger partial charge in [-0.05, 0) is 57.8 Å². The summed E-state index contributed by atoms with van der Waals surface area (Å²) in [6.45, 7) is 8.67. The summed E-state index contributed by atoms with van der Waals surface area (Å²) in [5, 5.41) is 10.5. The van der Waals surface area contributed by atoms with Crippen LogP contribution in [-0.4, -0.2) is 42.4 Å². The maximum absolute atomic E-state index is 10.5. The molecule has 0 bridgehead atoms. The van der Waals surface area contributed by atoms with Crippen molar-refractivity contribution >= 4 is 5.69 Å². The molecular weight excluding hydrogens is 260 g/mol. The number of aliphatic hydroxyl groups is 1. The van der Waals surface area contributed by atoms with E-state index >= 15 is 0 Å². The largest absolute Gasteiger partial charge is 0.374 e. The van der Waals surface area contributed by atoms with E-state index in [0.717, 1.165) is 38.0 Å². The molecule has 1 aliphatic rings. The average Bonchev–Trinajstić information content (AvgIpc) is 3.00. The highest BCUT2D eigenvalue weighted by molar-refractivity contribution is 5.48. The van der Waals surface area contributed by atoms with Crippen LogP contribution in [0.3, 0.4) is 0 Å². The third kappa shape index (κ3) is 5.01. The first-order valence-corrected chi connectivity index (χ1v) is 8.44. The van der Waals surface area contributed by atoms with Crippen LogP contribution < -0.4 is 4.90 Å². The third-order valence-electron chi connectivity index (χ3n) is 4.40. The number of hydrogen-bond donors (Lipinski definition) is 1. The number of nitrogens with zero attached hydrogens (tertiary/aromatic N) is 2. The molecular formula is C18H30N2O. The number of aliphatic hydroxyl groups excluding tert-OH is 1. The maximum atomic E-state index is 10.5. The van der Waals surface area contributed by atoms with Crippen LogP contribution in [0.4, 0.5) is 5.69 Å². The van der Waals surface area contributed by atoms with Gasteiger partial charge in [-0.3, -0.25) is 0 Å². The maximum Gasteiger partial charge on any atom is 0.126 e. The molecule has 1 fully saturated rings. The molecule has 1 atom stereocenters. The van der Waals surface area contributed by atoms with Gasteiger partial charge in [0.15, 0.2) is 0 Å². The fourth-order valence-electron chi connectivity index (χ4n) is 2.98. The molecule has 3 heteroatoms. The first-order valence-electron chi connectivity index (χ1n) is 8.44. The summed E-state index contributed by atoms with van der Waals surface area (Å²) in [4.78, 5) is 4.68. The predicted molar refractivity (Wildman–Crippen MR) is 89.7 cm³/mol. The second kappa shape index (κ2) is 8.40. The molecule has 1 aromatic rings. The molecule has 1 aromatic carbocycles. The Morgan fingerprint density at radius 2 is 1.86 bits per heavy atom. The monoisotopic (exact) mass is 290 g/mol. The topological polar surface area (TPSA) is 26.7 Å². The minimum absolute atomic E-state index is 0.366. The van der Waals surface area contributed by atoms with Crippen molar-refractivity contribution in [1.29, 1.82) is 0 Å². The summed E-state index contributed by atoms with van der Waals surface area (Å²) in [5.74, 6) is 0. The van der Waals surface area contributed by atoms with Gasteiger partial charge in [0, 0.05) is 18.8 Å². The third-order valence-corrected chi connectivity index (χ3v) is 4.40. The van der Waals surface area contributed by atoms with Gasteiger partial charge >= 0.3 is 0 Å². The van der Waals surface area contributed by atoms with Gasteiger partial charge in [-0.1, -0.05) is 31.0 Å². The number of hydrogen-bond acceptors (Lipinski definition) is 3. The minimum atomic E-state index is -0.366. The van der Waals surface area contributed by atoms with Gasteiger partial charge in [0.2, 0.25) is 0 Å². The second-order valence-corrected chi connectivity index (χ2v) is 6.20. The van der Waals surface area contributed by atoms with Crippen molar-refractivity contribution in [1.82, 2.24) is 4.90 Å². The Balaban J connectivity index is 1.99. The van der Waals surface area contributed by atoms with Gasteiger partial charge in [0.25, 0.3) is 0 Å². The molecule has 0 amide bonds. The molecule has 1 saturated heterocycles. The number of likely N-dealkylation sites (tertiary alicyclic amines) is 1. The summed E-state index contributed by atoms with van der Waals surface area (Å²) in [6, 6.07) is 8.53. The average molecular weight is 290 g/mol. The number of anilines is 1. The van der Waals surface area contributed by atoms with E-state index in [-0.39, 0.29) is 6.23 Å². The van der Waals surface area contributed by atoms with E-state index in [9.17, 15) is 5.11 Å². The normalized spacial score (nSPS) is 17.1. The molecule has 118 valence electrons. The van der Waals surface area contributed by atoms with Crippen LogP contribution in [0.2, 0.25) is 0 Å². The summed E-state index contributed by atoms with van der Waals surface area (Å²) < 4.78 is 0. The Hall–Kier alpha value is -1.06. The minimum Gasteiger partial charge on any atom is -0.374 e. The summed E-state index contributed by atoms with van der Waals surface area (Å²) in [6.07, 6.45) is 5.34. The molecule has 0 aliphatic carbocycles. The van der Waals surface area contributed by atoms with E-state index in [0.29, 0.717) is 0 Å². The van der Waals surface area contributed by atoms with Gasteiger partial charge < -0.3 is 14.9 Å². The Morgan fingerprint density at radius 1 is 1.19 bits per heavy atom. The molecule has 2 rings (SSSR count). The zero-order valence-electron chi connectivity index (χ0n) is 13.6. The lowest BCUT2D eigenvalue weighted by molar-refractivity contribution is 0.152. The number of aryl methyl sites for hydroxylation is 1. The molecule has 0 radical (unpaired) electrons. The Labute approximate surface area is 129 Å². The summed E-state index contributed by atoms with van der Waals surface area (Å²) in [5.41, 5.74) is 2.41. The molecule has 1 heterocycles. The smallest absolute Gasteiger partial charge is 0.126 e. The van der Waals surface area contributed by atoms with E-state index in [2.05, 4.69) is 47.9 Å². The fraction of sp³-hybridized carbons (Fsp3) is 0.667. The molecule has 3 nitrogen and oxygen atoms in total. The van der Waals surface area contributed by atoms with E-state index in [1.807, 2.05) is 0 Å². The molecule has 1 N–H and O–H groups in total. The van der Waals surface area contributed by atoms with Crippen molar-refractivity contribution in [2.45, 2.75) is 52.2 Å². The lowest BCUT2D eigenvalue weighted by Gasteiger charge is -2.32.